The highest BCUT2D eigenvalue weighted by Gasteiger charge is 2.07. The minimum Gasteiger partial charge on any atom is -0.497 e. The lowest BCUT2D eigenvalue weighted by Crippen LogP contribution is -2.29. The largest absolute Gasteiger partial charge is 0.497 e. The highest BCUT2D eigenvalue weighted by molar-refractivity contribution is 6.18. The van der Waals surface area contributed by atoms with E-state index in [-0.39, 0.29) is 0 Å². The van der Waals surface area contributed by atoms with Gasteiger partial charge in [-0.25, -0.2) is 0 Å². The van der Waals surface area contributed by atoms with Gasteiger partial charge in [-0.2, -0.15) is 0 Å². The maximum atomic E-state index is 5.80. The van der Waals surface area contributed by atoms with Crippen LogP contribution in [0.2, 0.25) is 0 Å². The lowest BCUT2D eigenvalue weighted by molar-refractivity contribution is 0.268. The van der Waals surface area contributed by atoms with Gasteiger partial charge in [0.25, 0.3) is 0 Å². The second-order valence-electron chi connectivity index (χ2n) is 3.77. The molecule has 0 aromatic heterocycles. The number of ether oxygens (including phenoxy) is 1. The highest BCUT2D eigenvalue weighted by atomic mass is 35.5. The normalized spacial score (nSPS) is 12.9. The van der Waals surface area contributed by atoms with Crippen LogP contribution >= 0.6 is 11.6 Å². The van der Waals surface area contributed by atoms with E-state index in [1.807, 2.05) is 12.1 Å². The molecule has 0 amide bonds. The number of nitrogens with zero attached hydrogens (tertiary/aromatic N) is 1. The van der Waals surface area contributed by atoms with Gasteiger partial charge in [-0.15, -0.1) is 11.6 Å². The Hall–Kier alpha value is -0.730. The van der Waals surface area contributed by atoms with Gasteiger partial charge in [0, 0.05) is 18.5 Å². The third-order valence-corrected chi connectivity index (χ3v) is 3.01. The van der Waals surface area contributed by atoms with Gasteiger partial charge in [-0.1, -0.05) is 12.1 Å². The van der Waals surface area contributed by atoms with Crippen molar-refractivity contribution in [3.63, 3.8) is 0 Å². The Morgan fingerprint density at radius 1 is 1.33 bits per heavy atom. The van der Waals surface area contributed by atoms with Crippen LogP contribution in [0, 0.1) is 0 Å². The van der Waals surface area contributed by atoms with Gasteiger partial charge in [0.2, 0.25) is 0 Å². The average Bonchev–Trinajstić information content (AvgIpc) is 2.29. The molecule has 1 rings (SSSR count). The molecular weight excluding hydrogens is 210 g/mol. The van der Waals surface area contributed by atoms with Crippen LogP contribution in [-0.4, -0.2) is 31.0 Å². The lowest BCUT2D eigenvalue weighted by atomic mass is 10.2. The van der Waals surface area contributed by atoms with Crippen molar-refractivity contribution < 1.29 is 4.74 Å². The summed E-state index contributed by atoms with van der Waals surface area (Å²) in [7, 11) is 3.76. The Balaban J connectivity index is 2.57. The molecule has 0 aliphatic heterocycles. The van der Waals surface area contributed by atoms with Crippen molar-refractivity contribution in [3.8, 4) is 5.75 Å². The molecule has 1 aromatic rings. The highest BCUT2D eigenvalue weighted by Crippen LogP contribution is 2.13. The Bertz CT molecular complexity index is 286. The zero-order valence-corrected chi connectivity index (χ0v) is 10.3. The van der Waals surface area contributed by atoms with Gasteiger partial charge < -0.3 is 4.74 Å². The van der Waals surface area contributed by atoms with Crippen LogP contribution in [0.25, 0.3) is 0 Å². The van der Waals surface area contributed by atoms with E-state index in [0.29, 0.717) is 11.9 Å². The Kier molecular flexibility index (Phi) is 4.92. The Morgan fingerprint density at radius 2 is 1.93 bits per heavy atom. The zero-order chi connectivity index (χ0) is 11.3. The van der Waals surface area contributed by atoms with Gasteiger partial charge in [-0.3, -0.25) is 4.90 Å². The second-order valence-corrected chi connectivity index (χ2v) is 4.08. The fourth-order valence-electron chi connectivity index (χ4n) is 1.29. The summed E-state index contributed by atoms with van der Waals surface area (Å²) >= 11 is 5.80. The summed E-state index contributed by atoms with van der Waals surface area (Å²) < 4.78 is 5.11. The number of methoxy groups -OCH3 is 1. The molecule has 0 heterocycles. The molecule has 0 aliphatic rings. The van der Waals surface area contributed by atoms with E-state index in [4.69, 9.17) is 16.3 Å². The first-order chi connectivity index (χ1) is 7.17. The molecule has 15 heavy (non-hydrogen) atoms. The van der Waals surface area contributed by atoms with Crippen molar-refractivity contribution in [2.24, 2.45) is 0 Å². The lowest BCUT2D eigenvalue weighted by Gasteiger charge is -2.22. The molecular formula is C12H18ClNO. The predicted octanol–water partition coefficient (Wildman–Crippen LogP) is 2.75. The molecule has 0 spiro atoms. The van der Waals surface area contributed by atoms with E-state index in [2.05, 4.69) is 31.0 Å². The van der Waals surface area contributed by atoms with E-state index in [0.717, 1.165) is 12.3 Å². The van der Waals surface area contributed by atoms with E-state index in [1.54, 1.807) is 7.11 Å². The van der Waals surface area contributed by atoms with E-state index in [9.17, 15) is 0 Å². The quantitative estimate of drug-likeness (QED) is 0.718. The summed E-state index contributed by atoms with van der Waals surface area (Å²) in [4.78, 5) is 2.23. The first kappa shape index (κ1) is 12.3. The summed E-state index contributed by atoms with van der Waals surface area (Å²) in [6, 6.07) is 8.52. The summed E-state index contributed by atoms with van der Waals surface area (Å²) in [5, 5.41) is 0. The topological polar surface area (TPSA) is 12.5 Å². The minimum atomic E-state index is 0.397. The third-order valence-electron chi connectivity index (χ3n) is 2.57. The average molecular weight is 228 g/mol. The van der Waals surface area contributed by atoms with Crippen molar-refractivity contribution in [1.82, 2.24) is 4.90 Å². The number of hydrogen-bond acceptors (Lipinski definition) is 2. The molecule has 0 radical (unpaired) electrons. The summed E-state index contributed by atoms with van der Waals surface area (Å²) in [6.07, 6.45) is 0. The second kappa shape index (κ2) is 5.99. The fraction of sp³-hybridized carbons (Fsp3) is 0.500. The zero-order valence-electron chi connectivity index (χ0n) is 9.53. The third kappa shape index (κ3) is 3.73. The molecule has 0 bridgehead atoms. The van der Waals surface area contributed by atoms with Crippen LogP contribution in [0.4, 0.5) is 0 Å². The van der Waals surface area contributed by atoms with E-state index >= 15 is 0 Å². The number of rotatable bonds is 5. The molecule has 0 fully saturated rings. The van der Waals surface area contributed by atoms with Crippen LogP contribution in [-0.2, 0) is 6.54 Å². The Labute approximate surface area is 96.8 Å². The molecule has 1 aromatic carbocycles. The fourth-order valence-corrected chi connectivity index (χ4v) is 1.53. The molecule has 0 saturated heterocycles. The van der Waals surface area contributed by atoms with Crippen molar-refractivity contribution in [1.29, 1.82) is 0 Å². The summed E-state index contributed by atoms with van der Waals surface area (Å²) in [5.74, 6) is 1.55. The SMILES string of the molecule is COc1ccc(CN(C)C(C)CCl)cc1. The molecule has 0 saturated carbocycles. The first-order valence-corrected chi connectivity index (χ1v) is 5.60. The summed E-state index contributed by atoms with van der Waals surface area (Å²) in [6.45, 7) is 3.04. The maximum absolute atomic E-state index is 5.80. The van der Waals surface area contributed by atoms with Gasteiger partial charge in [0.05, 0.1) is 7.11 Å². The molecule has 0 N–H and O–H groups in total. The van der Waals surface area contributed by atoms with Gasteiger partial charge in [-0.05, 0) is 31.7 Å². The van der Waals surface area contributed by atoms with E-state index < -0.39 is 0 Å². The number of alkyl halides is 1. The number of halogens is 1. The summed E-state index contributed by atoms with van der Waals surface area (Å²) in [5.41, 5.74) is 1.27. The Morgan fingerprint density at radius 3 is 2.40 bits per heavy atom. The predicted molar refractivity (Wildman–Crippen MR) is 64.6 cm³/mol. The number of benzene rings is 1. The van der Waals surface area contributed by atoms with Crippen LogP contribution < -0.4 is 4.74 Å². The van der Waals surface area contributed by atoms with Crippen molar-refractivity contribution in [2.45, 2.75) is 19.5 Å². The molecule has 84 valence electrons. The minimum absolute atomic E-state index is 0.397. The van der Waals surface area contributed by atoms with Gasteiger partial charge in [0.1, 0.15) is 5.75 Å². The molecule has 3 heteroatoms. The standard InChI is InChI=1S/C12H18ClNO/c1-10(8-13)14(2)9-11-4-6-12(15-3)7-5-11/h4-7,10H,8-9H2,1-3H3. The van der Waals surface area contributed by atoms with Crippen LogP contribution in [0.3, 0.4) is 0 Å². The van der Waals surface area contributed by atoms with Crippen molar-refractivity contribution >= 4 is 11.6 Å². The molecule has 0 aliphatic carbocycles. The van der Waals surface area contributed by atoms with E-state index in [1.165, 1.54) is 5.56 Å². The van der Waals surface area contributed by atoms with Crippen molar-refractivity contribution in [3.05, 3.63) is 29.8 Å². The number of hydrogen-bond donors (Lipinski definition) is 0. The molecule has 2 nitrogen and oxygen atoms in total. The van der Waals surface area contributed by atoms with Crippen molar-refractivity contribution in [2.75, 3.05) is 20.0 Å². The van der Waals surface area contributed by atoms with Gasteiger partial charge in [0.15, 0.2) is 0 Å². The monoisotopic (exact) mass is 227 g/mol. The van der Waals surface area contributed by atoms with Crippen LogP contribution in [0.5, 0.6) is 5.75 Å². The van der Waals surface area contributed by atoms with Crippen LogP contribution in [0.15, 0.2) is 24.3 Å². The van der Waals surface area contributed by atoms with Crippen LogP contribution in [0.1, 0.15) is 12.5 Å². The van der Waals surface area contributed by atoms with Gasteiger partial charge >= 0.3 is 0 Å². The maximum Gasteiger partial charge on any atom is 0.118 e. The first-order valence-electron chi connectivity index (χ1n) is 5.06. The molecule has 1 unspecified atom stereocenters. The molecule has 1 atom stereocenters. The smallest absolute Gasteiger partial charge is 0.118 e.